The van der Waals surface area contributed by atoms with Crippen molar-refractivity contribution in [1.82, 2.24) is 10.3 Å². The van der Waals surface area contributed by atoms with Gasteiger partial charge < -0.3 is 10.1 Å². The molecule has 3 atom stereocenters. The minimum absolute atomic E-state index is 0.531. The molecule has 3 nitrogen and oxygen atoms in total. The van der Waals surface area contributed by atoms with Gasteiger partial charge in [-0.1, -0.05) is 26.2 Å². The van der Waals surface area contributed by atoms with Gasteiger partial charge in [0, 0.05) is 12.1 Å². The summed E-state index contributed by atoms with van der Waals surface area (Å²) in [6, 6.07) is 4.00. The molecule has 0 aromatic carbocycles. The van der Waals surface area contributed by atoms with Crippen molar-refractivity contribution in [2.75, 3.05) is 20.7 Å². The Hall–Kier alpha value is -1.09. The summed E-state index contributed by atoms with van der Waals surface area (Å²) in [5.74, 6) is 3.02. The zero-order valence-electron chi connectivity index (χ0n) is 13.1. The number of nitrogens with zero attached hydrogens (tertiary/aromatic N) is 1. The molecule has 0 bridgehead atoms. The van der Waals surface area contributed by atoms with Gasteiger partial charge in [-0.05, 0) is 50.4 Å². The predicted octanol–water partition coefficient (Wildman–Crippen LogP) is 3.61. The average molecular weight is 276 g/mol. The molecule has 0 aliphatic heterocycles. The number of hydrogen-bond donors (Lipinski definition) is 1. The van der Waals surface area contributed by atoms with Crippen molar-refractivity contribution in [3.05, 3.63) is 24.0 Å². The summed E-state index contributed by atoms with van der Waals surface area (Å²) in [4.78, 5) is 4.65. The maximum atomic E-state index is 5.54. The smallest absolute Gasteiger partial charge is 0.140 e. The molecule has 3 unspecified atom stereocenters. The Balaban J connectivity index is 2.21. The Morgan fingerprint density at radius 3 is 2.95 bits per heavy atom. The van der Waals surface area contributed by atoms with E-state index in [1.807, 2.05) is 25.4 Å². The SMILES string of the molecule is CCCC1CCC(CNC)C(c2ncccc2OC)C1. The molecular weight excluding hydrogens is 248 g/mol. The first kappa shape index (κ1) is 15.3. The maximum Gasteiger partial charge on any atom is 0.140 e. The summed E-state index contributed by atoms with van der Waals surface area (Å²) < 4.78 is 5.54. The van der Waals surface area contributed by atoms with Crippen LogP contribution in [0.5, 0.6) is 5.75 Å². The van der Waals surface area contributed by atoms with E-state index < -0.39 is 0 Å². The fourth-order valence-electron chi connectivity index (χ4n) is 3.69. The maximum absolute atomic E-state index is 5.54. The second-order valence-corrected chi connectivity index (χ2v) is 5.98. The van der Waals surface area contributed by atoms with Crippen molar-refractivity contribution in [2.45, 2.75) is 44.9 Å². The lowest BCUT2D eigenvalue weighted by atomic mass is 9.71. The van der Waals surface area contributed by atoms with Gasteiger partial charge in [0.1, 0.15) is 5.75 Å². The van der Waals surface area contributed by atoms with Gasteiger partial charge in [-0.15, -0.1) is 0 Å². The molecule has 2 rings (SSSR count). The third-order valence-corrected chi connectivity index (χ3v) is 4.64. The number of nitrogens with one attached hydrogen (secondary N) is 1. The quantitative estimate of drug-likeness (QED) is 0.862. The van der Waals surface area contributed by atoms with E-state index in [2.05, 4.69) is 17.2 Å². The fourth-order valence-corrected chi connectivity index (χ4v) is 3.69. The standard InChI is InChI=1S/C17H28N2O/c1-4-6-13-8-9-14(12-18-2)15(11-13)17-16(20-3)7-5-10-19-17/h5,7,10,13-15,18H,4,6,8-9,11-12H2,1-3H3. The molecule has 0 radical (unpaired) electrons. The van der Waals surface area contributed by atoms with Gasteiger partial charge >= 0.3 is 0 Å². The molecule has 1 fully saturated rings. The van der Waals surface area contributed by atoms with Crippen LogP contribution in [0.1, 0.15) is 50.6 Å². The second kappa shape index (κ2) is 7.63. The third kappa shape index (κ3) is 3.51. The molecule has 0 amide bonds. The number of pyridine rings is 1. The van der Waals surface area contributed by atoms with E-state index in [4.69, 9.17) is 4.74 Å². The van der Waals surface area contributed by atoms with Crippen LogP contribution in [0.3, 0.4) is 0 Å². The lowest BCUT2D eigenvalue weighted by Crippen LogP contribution is -2.31. The monoisotopic (exact) mass is 276 g/mol. The number of ether oxygens (including phenoxy) is 1. The highest BCUT2D eigenvalue weighted by atomic mass is 16.5. The van der Waals surface area contributed by atoms with Crippen molar-refractivity contribution in [3.8, 4) is 5.75 Å². The highest BCUT2D eigenvalue weighted by Crippen LogP contribution is 2.43. The van der Waals surface area contributed by atoms with Crippen LogP contribution in [-0.2, 0) is 0 Å². The topological polar surface area (TPSA) is 34.2 Å². The Bertz CT molecular complexity index is 408. The summed E-state index contributed by atoms with van der Waals surface area (Å²) in [6.45, 7) is 3.36. The van der Waals surface area contributed by atoms with Gasteiger partial charge in [-0.25, -0.2) is 0 Å². The first-order chi connectivity index (χ1) is 9.80. The number of methoxy groups -OCH3 is 1. The first-order valence-corrected chi connectivity index (χ1v) is 7.93. The molecule has 112 valence electrons. The van der Waals surface area contributed by atoms with E-state index in [0.717, 1.165) is 23.9 Å². The molecule has 1 heterocycles. The molecule has 1 aliphatic carbocycles. The van der Waals surface area contributed by atoms with Crippen molar-refractivity contribution < 1.29 is 4.74 Å². The molecule has 0 spiro atoms. The van der Waals surface area contributed by atoms with Crippen LogP contribution in [0.15, 0.2) is 18.3 Å². The molecule has 1 aromatic rings. The zero-order chi connectivity index (χ0) is 14.4. The van der Waals surface area contributed by atoms with Crippen molar-refractivity contribution >= 4 is 0 Å². The van der Waals surface area contributed by atoms with Gasteiger partial charge in [-0.2, -0.15) is 0 Å². The lowest BCUT2D eigenvalue weighted by Gasteiger charge is -2.36. The van der Waals surface area contributed by atoms with Gasteiger partial charge in [-0.3, -0.25) is 4.98 Å². The van der Waals surface area contributed by atoms with E-state index in [9.17, 15) is 0 Å². The summed E-state index contributed by atoms with van der Waals surface area (Å²) >= 11 is 0. The van der Waals surface area contributed by atoms with Crippen LogP contribution in [0, 0.1) is 11.8 Å². The van der Waals surface area contributed by atoms with Crippen LogP contribution in [0.25, 0.3) is 0 Å². The van der Waals surface area contributed by atoms with Crippen molar-refractivity contribution in [1.29, 1.82) is 0 Å². The van der Waals surface area contributed by atoms with Crippen LogP contribution >= 0.6 is 0 Å². The molecule has 1 saturated carbocycles. The molecule has 1 N–H and O–H groups in total. The Morgan fingerprint density at radius 1 is 1.40 bits per heavy atom. The summed E-state index contributed by atoms with van der Waals surface area (Å²) in [6.07, 6.45) is 8.46. The summed E-state index contributed by atoms with van der Waals surface area (Å²) in [7, 11) is 3.80. The first-order valence-electron chi connectivity index (χ1n) is 7.93. The third-order valence-electron chi connectivity index (χ3n) is 4.64. The van der Waals surface area contributed by atoms with Crippen molar-refractivity contribution in [3.63, 3.8) is 0 Å². The fraction of sp³-hybridized carbons (Fsp3) is 0.706. The summed E-state index contributed by atoms with van der Waals surface area (Å²) in [5.41, 5.74) is 1.16. The minimum Gasteiger partial charge on any atom is -0.495 e. The van der Waals surface area contributed by atoms with E-state index in [1.54, 1.807) is 7.11 Å². The van der Waals surface area contributed by atoms with Crippen LogP contribution in [0.4, 0.5) is 0 Å². The molecule has 3 heteroatoms. The molecule has 20 heavy (non-hydrogen) atoms. The van der Waals surface area contributed by atoms with Gasteiger partial charge in [0.2, 0.25) is 0 Å². The average Bonchev–Trinajstić information content (AvgIpc) is 2.49. The molecule has 0 saturated heterocycles. The Kier molecular flexibility index (Phi) is 5.84. The van der Waals surface area contributed by atoms with E-state index >= 15 is 0 Å². The number of rotatable bonds is 6. The van der Waals surface area contributed by atoms with Gasteiger partial charge in [0.25, 0.3) is 0 Å². The van der Waals surface area contributed by atoms with E-state index in [0.29, 0.717) is 11.8 Å². The normalized spacial score (nSPS) is 26.4. The zero-order valence-corrected chi connectivity index (χ0v) is 13.1. The molecule has 1 aliphatic rings. The molecule has 1 aromatic heterocycles. The number of aromatic nitrogens is 1. The Labute approximate surface area is 123 Å². The van der Waals surface area contributed by atoms with E-state index in [1.165, 1.54) is 32.1 Å². The highest BCUT2D eigenvalue weighted by Gasteiger charge is 2.33. The minimum atomic E-state index is 0.531. The van der Waals surface area contributed by atoms with Gasteiger partial charge in [0.15, 0.2) is 0 Å². The van der Waals surface area contributed by atoms with Crippen LogP contribution in [-0.4, -0.2) is 25.7 Å². The lowest BCUT2D eigenvalue weighted by molar-refractivity contribution is 0.216. The summed E-state index contributed by atoms with van der Waals surface area (Å²) in [5, 5.41) is 3.35. The van der Waals surface area contributed by atoms with E-state index in [-0.39, 0.29) is 0 Å². The largest absolute Gasteiger partial charge is 0.495 e. The predicted molar refractivity (Wildman–Crippen MR) is 83.2 cm³/mol. The highest BCUT2D eigenvalue weighted by molar-refractivity contribution is 5.31. The van der Waals surface area contributed by atoms with Crippen LogP contribution in [0.2, 0.25) is 0 Å². The second-order valence-electron chi connectivity index (χ2n) is 5.98. The van der Waals surface area contributed by atoms with Gasteiger partial charge in [0.05, 0.1) is 12.8 Å². The number of hydrogen-bond acceptors (Lipinski definition) is 3. The van der Waals surface area contributed by atoms with Crippen molar-refractivity contribution in [2.24, 2.45) is 11.8 Å². The van der Waals surface area contributed by atoms with Crippen LogP contribution < -0.4 is 10.1 Å². The Morgan fingerprint density at radius 2 is 2.25 bits per heavy atom. The molecular formula is C17H28N2O.